The first-order chi connectivity index (χ1) is 4.09. The van der Waals surface area contributed by atoms with Crippen LogP contribution in [0.1, 0.15) is 13.8 Å². The van der Waals surface area contributed by atoms with Gasteiger partial charge in [0.05, 0.1) is 0 Å². The summed E-state index contributed by atoms with van der Waals surface area (Å²) in [5.74, 6) is -0.104. The maximum absolute atomic E-state index is 10.5. The van der Waals surface area contributed by atoms with E-state index >= 15 is 0 Å². The van der Waals surface area contributed by atoms with E-state index in [1.54, 1.807) is 13.0 Å². The molecule has 9 heavy (non-hydrogen) atoms. The molecule has 1 nitrogen and oxygen atoms in total. The summed E-state index contributed by atoms with van der Waals surface area (Å²) in [7, 11) is 5.33. The van der Waals surface area contributed by atoms with E-state index in [1.807, 2.05) is 0 Å². The van der Waals surface area contributed by atoms with Crippen LogP contribution in [0.5, 0.6) is 0 Å². The Morgan fingerprint density at radius 3 is 2.11 bits per heavy atom. The van der Waals surface area contributed by atoms with Crippen LogP contribution in [0.2, 0.25) is 0 Å². The van der Waals surface area contributed by atoms with Gasteiger partial charge >= 0.3 is 0 Å². The van der Waals surface area contributed by atoms with Crippen molar-refractivity contribution in [2.24, 2.45) is 0 Å². The highest BCUT2D eigenvalue weighted by Gasteiger charge is 1.96. The maximum atomic E-state index is 10.5. The summed E-state index contributed by atoms with van der Waals surface area (Å²) in [6.07, 6.45) is 1.57. The van der Waals surface area contributed by atoms with Crippen LogP contribution in [0.25, 0.3) is 0 Å². The van der Waals surface area contributed by atoms with Gasteiger partial charge in [0.1, 0.15) is 13.6 Å². The third kappa shape index (κ3) is 2.31. The summed E-state index contributed by atoms with van der Waals surface area (Å²) < 4.78 is 0. The van der Waals surface area contributed by atoms with Crippen LogP contribution in [0.4, 0.5) is 0 Å². The van der Waals surface area contributed by atoms with Gasteiger partial charge in [-0.15, -0.1) is 0 Å². The molecule has 0 spiro atoms. The highest BCUT2D eigenvalue weighted by Crippen LogP contribution is 2.00. The Bertz CT molecular complexity index is 168. The summed E-state index contributed by atoms with van der Waals surface area (Å²) in [4.78, 5) is 10.5. The lowest BCUT2D eigenvalue weighted by Gasteiger charge is -1.96. The van der Waals surface area contributed by atoms with Crippen molar-refractivity contribution >= 4 is 13.6 Å². The van der Waals surface area contributed by atoms with Crippen molar-refractivity contribution in [2.45, 2.75) is 13.8 Å². The van der Waals surface area contributed by atoms with Crippen molar-refractivity contribution in [1.29, 1.82) is 0 Å². The molecule has 2 radical (unpaired) electrons. The van der Waals surface area contributed by atoms with Gasteiger partial charge in [-0.05, 0) is 13.8 Å². The fourth-order valence-corrected chi connectivity index (χ4v) is 0.388. The molecule has 0 fully saturated rings. The largest absolute Gasteiger partial charge is 0.296 e. The number of rotatable bonds is 2. The van der Waals surface area contributed by atoms with Crippen molar-refractivity contribution in [3.63, 3.8) is 0 Å². The van der Waals surface area contributed by atoms with Gasteiger partial charge in [0.2, 0.25) is 0 Å². The quantitative estimate of drug-likeness (QED) is 0.304. The molecule has 0 aromatic carbocycles. The molecule has 0 heterocycles. The first-order valence-corrected chi connectivity index (χ1v) is 2.69. The molecule has 0 aromatic rings. The number of carbonyl (C=O) groups is 1. The minimum atomic E-state index is -0.104. The Morgan fingerprint density at radius 1 is 1.56 bits per heavy atom. The minimum Gasteiger partial charge on any atom is -0.296 e. The Morgan fingerprint density at radius 2 is 2.00 bits per heavy atom. The fraction of sp³-hybridized carbons (Fsp3) is 0.286. The van der Waals surface area contributed by atoms with E-state index in [2.05, 4.69) is 6.58 Å². The SMILES string of the molecule is [B]/C(C(C)=O)=C(\C)C=C. The predicted molar refractivity (Wildman–Crippen MR) is 39.3 cm³/mol. The molecule has 0 atom stereocenters. The molecule has 46 valence electrons. The first-order valence-electron chi connectivity index (χ1n) is 2.69. The van der Waals surface area contributed by atoms with Gasteiger partial charge in [-0.25, -0.2) is 0 Å². The lowest BCUT2D eigenvalue weighted by Crippen LogP contribution is -1.97. The lowest BCUT2D eigenvalue weighted by molar-refractivity contribution is -0.113. The van der Waals surface area contributed by atoms with Crippen molar-refractivity contribution < 1.29 is 4.79 Å². The van der Waals surface area contributed by atoms with Crippen LogP contribution in [0.3, 0.4) is 0 Å². The van der Waals surface area contributed by atoms with Gasteiger partial charge in [-0.2, -0.15) is 0 Å². The summed E-state index contributed by atoms with van der Waals surface area (Å²) in [6.45, 7) is 6.66. The van der Waals surface area contributed by atoms with E-state index in [0.717, 1.165) is 5.57 Å². The molecule has 0 N–H and O–H groups in total. The van der Waals surface area contributed by atoms with E-state index < -0.39 is 0 Å². The lowest BCUT2D eigenvalue weighted by atomic mass is 9.88. The molecular weight excluding hydrogens is 111 g/mol. The average molecular weight is 120 g/mol. The zero-order valence-corrected chi connectivity index (χ0v) is 5.77. The fourth-order valence-electron chi connectivity index (χ4n) is 0.388. The van der Waals surface area contributed by atoms with Crippen LogP contribution in [0, 0.1) is 0 Å². The minimum absolute atomic E-state index is 0.104. The number of Topliss-reactive ketones (excluding diaryl/α,β-unsaturated/α-hetero) is 1. The molecule has 0 aliphatic heterocycles. The second-order valence-electron chi connectivity index (χ2n) is 1.86. The van der Waals surface area contributed by atoms with Crippen molar-refractivity contribution in [2.75, 3.05) is 0 Å². The normalized spacial score (nSPS) is 12.2. The smallest absolute Gasteiger partial charge is 0.145 e. The molecule has 0 aliphatic rings. The second-order valence-corrected chi connectivity index (χ2v) is 1.86. The van der Waals surface area contributed by atoms with Crippen molar-refractivity contribution in [1.82, 2.24) is 0 Å². The van der Waals surface area contributed by atoms with Crippen molar-refractivity contribution in [3.05, 3.63) is 23.7 Å². The first kappa shape index (κ1) is 8.21. The Labute approximate surface area is 56.9 Å². The molecule has 0 unspecified atom stereocenters. The molecule has 0 rings (SSSR count). The zero-order chi connectivity index (χ0) is 7.44. The summed E-state index contributed by atoms with van der Waals surface area (Å²) in [5, 5.41) is 0. The summed E-state index contributed by atoms with van der Waals surface area (Å²) >= 11 is 0. The van der Waals surface area contributed by atoms with Gasteiger partial charge in [0.15, 0.2) is 0 Å². The number of allylic oxidation sites excluding steroid dienone is 3. The van der Waals surface area contributed by atoms with E-state index in [0.29, 0.717) is 5.47 Å². The van der Waals surface area contributed by atoms with Gasteiger partial charge in [-0.1, -0.05) is 23.7 Å². The Kier molecular flexibility index (Phi) is 3.00. The van der Waals surface area contributed by atoms with Gasteiger partial charge in [-0.3, -0.25) is 4.79 Å². The summed E-state index contributed by atoms with van der Waals surface area (Å²) in [5.41, 5.74) is 1.03. The average Bonchev–Trinajstić information content (AvgIpc) is 1.84. The maximum Gasteiger partial charge on any atom is 0.145 e. The monoisotopic (exact) mass is 120 g/mol. The topological polar surface area (TPSA) is 17.1 Å². The molecule has 0 bridgehead atoms. The highest BCUT2D eigenvalue weighted by atomic mass is 16.1. The third-order valence-electron chi connectivity index (χ3n) is 1.11. The second kappa shape index (κ2) is 3.28. The van der Waals surface area contributed by atoms with Crippen LogP contribution in [-0.2, 0) is 4.79 Å². The number of hydrogen-bond acceptors (Lipinski definition) is 1. The molecule has 0 aromatic heterocycles. The summed E-state index contributed by atoms with van der Waals surface area (Å²) in [6, 6.07) is 0. The number of carbonyl (C=O) groups excluding carboxylic acids is 1. The molecule has 0 amide bonds. The van der Waals surface area contributed by atoms with E-state index in [-0.39, 0.29) is 5.78 Å². The molecule has 0 aliphatic carbocycles. The molecular formula is C7H9BO. The van der Waals surface area contributed by atoms with Crippen LogP contribution >= 0.6 is 0 Å². The number of ketones is 1. The van der Waals surface area contributed by atoms with E-state index in [1.165, 1.54) is 6.92 Å². The Hall–Kier alpha value is -0.785. The predicted octanol–water partition coefficient (Wildman–Crippen LogP) is 1.20. The number of hydrogen-bond donors (Lipinski definition) is 0. The molecule has 0 saturated heterocycles. The highest BCUT2D eigenvalue weighted by molar-refractivity contribution is 6.36. The van der Waals surface area contributed by atoms with Gasteiger partial charge in [0, 0.05) is 0 Å². The van der Waals surface area contributed by atoms with E-state index in [9.17, 15) is 4.79 Å². The van der Waals surface area contributed by atoms with Gasteiger partial charge in [0.25, 0.3) is 0 Å². The van der Waals surface area contributed by atoms with Gasteiger partial charge < -0.3 is 0 Å². The van der Waals surface area contributed by atoms with Crippen LogP contribution in [-0.4, -0.2) is 13.6 Å². The molecule has 0 saturated carbocycles. The standard InChI is InChI=1S/C7H9BO/c1-4-5(2)7(8)6(3)9/h4H,1H2,2-3H3/b7-5+. The van der Waals surface area contributed by atoms with Crippen LogP contribution in [0.15, 0.2) is 23.7 Å². The van der Waals surface area contributed by atoms with Crippen LogP contribution < -0.4 is 0 Å². The zero-order valence-electron chi connectivity index (χ0n) is 5.77. The molecule has 2 heteroatoms. The third-order valence-corrected chi connectivity index (χ3v) is 1.11. The van der Waals surface area contributed by atoms with E-state index in [4.69, 9.17) is 7.85 Å². The van der Waals surface area contributed by atoms with Crippen molar-refractivity contribution in [3.8, 4) is 0 Å². The Balaban J connectivity index is 4.47.